The average molecular weight is 260 g/mol. The summed E-state index contributed by atoms with van der Waals surface area (Å²) in [4.78, 5) is 3.95. The van der Waals surface area contributed by atoms with Gasteiger partial charge in [-0.2, -0.15) is 0 Å². The summed E-state index contributed by atoms with van der Waals surface area (Å²) in [6, 6.07) is 15.4. The lowest BCUT2D eigenvalue weighted by Crippen LogP contribution is -1.80. The van der Waals surface area contributed by atoms with E-state index in [9.17, 15) is 0 Å². The summed E-state index contributed by atoms with van der Waals surface area (Å²) < 4.78 is 0. The Morgan fingerprint density at radius 1 is 0.706 bits per heavy atom. The highest BCUT2D eigenvalue weighted by Crippen LogP contribution is 2.31. The summed E-state index contributed by atoms with van der Waals surface area (Å²) in [6.45, 7) is 4.27. The van der Waals surface area contributed by atoms with Crippen LogP contribution in [0.1, 0.15) is 11.1 Å². The Morgan fingerprint density at radius 2 is 1.35 bits per heavy atom. The van der Waals surface area contributed by atoms with Crippen molar-refractivity contribution in [2.24, 2.45) is 0 Å². The van der Waals surface area contributed by atoms with E-state index < -0.39 is 0 Å². The van der Waals surface area contributed by atoms with Gasteiger partial charge in [0.05, 0.1) is 0 Å². The first-order valence-corrected chi connectivity index (χ1v) is 7.62. The van der Waals surface area contributed by atoms with Crippen molar-refractivity contribution in [3.8, 4) is 0 Å². The van der Waals surface area contributed by atoms with Gasteiger partial charge in [0.2, 0.25) is 0 Å². The van der Waals surface area contributed by atoms with Crippen LogP contribution >= 0.6 is 23.5 Å². The van der Waals surface area contributed by atoms with Crippen molar-refractivity contribution in [3.63, 3.8) is 0 Å². The SMILES string of the molecule is CSc1cc(C)cc(Sc2ccc(C)cc2)c1. The van der Waals surface area contributed by atoms with Crippen LogP contribution < -0.4 is 0 Å². The van der Waals surface area contributed by atoms with Crippen LogP contribution in [0, 0.1) is 13.8 Å². The zero-order chi connectivity index (χ0) is 12.3. The molecule has 0 aliphatic rings. The van der Waals surface area contributed by atoms with E-state index >= 15 is 0 Å². The summed E-state index contributed by atoms with van der Waals surface area (Å²) in [6.07, 6.45) is 2.12. The normalized spacial score (nSPS) is 10.5. The predicted octanol–water partition coefficient (Wildman–Crippen LogP) is 5.18. The molecule has 0 aromatic heterocycles. The van der Waals surface area contributed by atoms with E-state index in [0.29, 0.717) is 0 Å². The molecule has 17 heavy (non-hydrogen) atoms. The molecule has 0 aliphatic heterocycles. The fourth-order valence-corrected chi connectivity index (χ4v) is 3.23. The molecule has 0 spiro atoms. The monoisotopic (exact) mass is 260 g/mol. The van der Waals surface area contributed by atoms with Crippen molar-refractivity contribution in [2.75, 3.05) is 6.26 Å². The zero-order valence-corrected chi connectivity index (χ0v) is 12.0. The van der Waals surface area contributed by atoms with Crippen LogP contribution in [0.15, 0.2) is 57.2 Å². The van der Waals surface area contributed by atoms with Gasteiger partial charge in [-0.25, -0.2) is 0 Å². The summed E-state index contributed by atoms with van der Waals surface area (Å²) >= 11 is 3.62. The van der Waals surface area contributed by atoms with Gasteiger partial charge in [0.15, 0.2) is 0 Å². The maximum Gasteiger partial charge on any atom is 0.0136 e. The van der Waals surface area contributed by atoms with E-state index in [1.807, 2.05) is 11.8 Å². The van der Waals surface area contributed by atoms with Crippen LogP contribution in [-0.2, 0) is 0 Å². The first-order chi connectivity index (χ1) is 8.17. The summed E-state index contributed by atoms with van der Waals surface area (Å²) in [5, 5.41) is 0. The van der Waals surface area contributed by atoms with Crippen molar-refractivity contribution >= 4 is 23.5 Å². The van der Waals surface area contributed by atoms with Crippen LogP contribution in [-0.4, -0.2) is 6.26 Å². The fraction of sp³-hybridized carbons (Fsp3) is 0.200. The summed E-state index contributed by atoms with van der Waals surface area (Å²) in [5.41, 5.74) is 2.63. The number of aryl methyl sites for hydroxylation is 2. The van der Waals surface area contributed by atoms with Crippen molar-refractivity contribution in [1.29, 1.82) is 0 Å². The van der Waals surface area contributed by atoms with Crippen molar-refractivity contribution < 1.29 is 0 Å². The molecule has 0 fully saturated rings. The molecule has 0 atom stereocenters. The van der Waals surface area contributed by atoms with E-state index in [0.717, 1.165) is 0 Å². The highest BCUT2D eigenvalue weighted by atomic mass is 32.2. The van der Waals surface area contributed by atoms with Gasteiger partial charge in [-0.15, -0.1) is 11.8 Å². The van der Waals surface area contributed by atoms with E-state index in [2.05, 4.69) is 62.6 Å². The van der Waals surface area contributed by atoms with Gasteiger partial charge in [0.1, 0.15) is 0 Å². The molecule has 0 nitrogen and oxygen atoms in total. The molecule has 0 heterocycles. The lowest BCUT2D eigenvalue weighted by atomic mass is 10.2. The van der Waals surface area contributed by atoms with Crippen LogP contribution in [0.4, 0.5) is 0 Å². The minimum atomic E-state index is 1.30. The van der Waals surface area contributed by atoms with Gasteiger partial charge in [-0.05, 0) is 56.0 Å². The minimum Gasteiger partial charge on any atom is -0.130 e. The summed E-state index contributed by atoms with van der Waals surface area (Å²) in [5.74, 6) is 0. The topological polar surface area (TPSA) is 0 Å². The Morgan fingerprint density at radius 3 is 2.00 bits per heavy atom. The molecular formula is C15H16S2. The first kappa shape index (κ1) is 12.6. The Bertz CT molecular complexity index is 501. The van der Waals surface area contributed by atoms with E-state index in [-0.39, 0.29) is 0 Å². The highest BCUT2D eigenvalue weighted by Gasteiger charge is 2.00. The molecule has 0 aliphatic carbocycles. The molecule has 0 saturated carbocycles. The lowest BCUT2D eigenvalue weighted by Gasteiger charge is -2.06. The van der Waals surface area contributed by atoms with Gasteiger partial charge in [0.25, 0.3) is 0 Å². The number of hydrogen-bond acceptors (Lipinski definition) is 2. The number of thioether (sulfide) groups is 1. The Labute approximate surface area is 112 Å². The number of hydrogen-bond donors (Lipinski definition) is 0. The molecule has 0 N–H and O–H groups in total. The van der Waals surface area contributed by atoms with E-state index in [1.165, 1.54) is 25.8 Å². The maximum atomic E-state index is 2.25. The molecule has 0 bridgehead atoms. The van der Waals surface area contributed by atoms with Gasteiger partial charge in [-0.1, -0.05) is 29.5 Å². The van der Waals surface area contributed by atoms with Crippen LogP contribution in [0.5, 0.6) is 0 Å². The number of rotatable bonds is 3. The molecule has 2 rings (SSSR count). The molecule has 0 saturated heterocycles. The van der Waals surface area contributed by atoms with Gasteiger partial charge in [-0.3, -0.25) is 0 Å². The van der Waals surface area contributed by atoms with Gasteiger partial charge < -0.3 is 0 Å². The quantitative estimate of drug-likeness (QED) is 0.698. The minimum absolute atomic E-state index is 1.30. The average Bonchev–Trinajstić information content (AvgIpc) is 2.31. The molecule has 0 amide bonds. The Balaban J connectivity index is 2.23. The molecule has 0 unspecified atom stereocenters. The second-order valence-electron chi connectivity index (χ2n) is 4.10. The lowest BCUT2D eigenvalue weighted by molar-refractivity contribution is 1.26. The van der Waals surface area contributed by atoms with Crippen molar-refractivity contribution in [3.05, 3.63) is 53.6 Å². The Hall–Kier alpha value is -0.860. The second-order valence-corrected chi connectivity index (χ2v) is 6.13. The van der Waals surface area contributed by atoms with Crippen LogP contribution in [0.25, 0.3) is 0 Å². The van der Waals surface area contributed by atoms with Crippen LogP contribution in [0.3, 0.4) is 0 Å². The van der Waals surface area contributed by atoms with Crippen LogP contribution in [0.2, 0.25) is 0 Å². The Kier molecular flexibility index (Phi) is 4.19. The third-order valence-electron chi connectivity index (χ3n) is 2.52. The maximum absolute atomic E-state index is 2.25. The molecule has 2 aromatic carbocycles. The molecule has 88 valence electrons. The predicted molar refractivity (Wildman–Crippen MR) is 78.3 cm³/mol. The molecule has 0 radical (unpaired) electrons. The largest absolute Gasteiger partial charge is 0.130 e. The molecule has 2 aromatic rings. The highest BCUT2D eigenvalue weighted by molar-refractivity contribution is 7.99. The molecule has 2 heteroatoms. The third kappa shape index (κ3) is 3.55. The van der Waals surface area contributed by atoms with E-state index in [1.54, 1.807) is 11.8 Å². The molecular weight excluding hydrogens is 244 g/mol. The fourth-order valence-electron chi connectivity index (χ4n) is 1.63. The number of benzene rings is 2. The first-order valence-electron chi connectivity index (χ1n) is 5.57. The van der Waals surface area contributed by atoms with Gasteiger partial charge in [0, 0.05) is 14.7 Å². The zero-order valence-electron chi connectivity index (χ0n) is 10.4. The van der Waals surface area contributed by atoms with Gasteiger partial charge >= 0.3 is 0 Å². The van der Waals surface area contributed by atoms with E-state index in [4.69, 9.17) is 0 Å². The van der Waals surface area contributed by atoms with Crippen molar-refractivity contribution in [2.45, 2.75) is 28.5 Å². The van der Waals surface area contributed by atoms with Crippen molar-refractivity contribution in [1.82, 2.24) is 0 Å². The second kappa shape index (κ2) is 5.65. The third-order valence-corrected chi connectivity index (χ3v) is 4.20. The smallest absolute Gasteiger partial charge is 0.0136 e. The summed E-state index contributed by atoms with van der Waals surface area (Å²) in [7, 11) is 0. The standard InChI is InChI=1S/C15H16S2/c1-11-4-6-13(7-5-11)17-15-9-12(2)8-14(10-15)16-3/h4-10H,1-3H3.